The molecule has 2 fully saturated rings. The van der Waals surface area contributed by atoms with E-state index in [1.807, 2.05) is 0 Å². The Labute approximate surface area is 395 Å². The van der Waals surface area contributed by atoms with Crippen molar-refractivity contribution >= 4 is 70.9 Å². The van der Waals surface area contributed by atoms with Crippen LogP contribution in [0, 0.1) is 0 Å². The molecule has 1 aromatic heterocycles. The van der Waals surface area contributed by atoms with Gasteiger partial charge >= 0.3 is 5.97 Å². The van der Waals surface area contributed by atoms with Crippen molar-refractivity contribution < 1.29 is 68.4 Å². The molecule has 380 valence electrons. The average molecular weight is 984 g/mol. The van der Waals surface area contributed by atoms with E-state index in [0.717, 1.165) is 4.90 Å². The van der Waals surface area contributed by atoms with Gasteiger partial charge in [0, 0.05) is 31.4 Å². The quantitative estimate of drug-likeness (QED) is 0.0332. The normalized spacial score (nSPS) is 18.7. The fraction of sp³-hybridized carbons (Fsp3) is 0.675. The number of hydrogen-bond acceptors (Lipinski definition) is 17. The van der Waals surface area contributed by atoms with Crippen LogP contribution in [0.1, 0.15) is 63.5 Å². The number of rotatable bonds is 29. The number of nitrogens with zero attached hydrogens (tertiary/aromatic N) is 3. The molecule has 2 aliphatic rings. The molecule has 0 aromatic carbocycles. The molecule has 9 atom stereocenters. The summed E-state index contributed by atoms with van der Waals surface area (Å²) in [6.45, 7) is -2.36. The molecule has 0 saturated carbocycles. The Kier molecular flexibility index (Phi) is 23.6. The third-order valence-corrected chi connectivity index (χ3v) is 11.9. The second kappa shape index (κ2) is 28.4. The van der Waals surface area contributed by atoms with Gasteiger partial charge in [-0.25, -0.2) is 9.78 Å². The van der Waals surface area contributed by atoms with Crippen LogP contribution in [0.3, 0.4) is 0 Å². The molecule has 17 N–H and O–H groups in total. The molecule has 28 heteroatoms. The summed E-state index contributed by atoms with van der Waals surface area (Å²) >= 11 is 1.34. The van der Waals surface area contributed by atoms with Crippen LogP contribution < -0.4 is 49.1 Å². The number of carboxylic acid groups (broad SMARTS) is 1. The largest absolute Gasteiger partial charge is 0.480 e. The summed E-state index contributed by atoms with van der Waals surface area (Å²) in [7, 11) is 0. The van der Waals surface area contributed by atoms with Gasteiger partial charge in [0.15, 0.2) is 0 Å². The van der Waals surface area contributed by atoms with E-state index >= 15 is 0 Å². The van der Waals surface area contributed by atoms with E-state index in [1.165, 1.54) is 29.2 Å². The molecule has 68 heavy (non-hydrogen) atoms. The summed E-state index contributed by atoms with van der Waals surface area (Å²) in [5.74, 6) is -9.18. The Bertz CT molecular complexity index is 1910. The molecule has 2 saturated heterocycles. The molecule has 27 nitrogen and oxygen atoms in total. The first-order valence-corrected chi connectivity index (χ1v) is 23.5. The number of unbranched alkanes of at least 4 members (excludes halogenated alkanes) is 1. The van der Waals surface area contributed by atoms with Gasteiger partial charge in [0.2, 0.25) is 53.2 Å². The Morgan fingerprint density at radius 1 is 0.735 bits per heavy atom. The number of carbonyl (C=O) groups is 10. The fourth-order valence-corrected chi connectivity index (χ4v) is 8.03. The molecule has 0 unspecified atom stereocenters. The average Bonchev–Trinajstić information content (AvgIpc) is 4.13. The molecule has 1 aromatic rings. The molecular weight excluding hydrogens is 919 g/mol. The summed E-state index contributed by atoms with van der Waals surface area (Å²) in [5, 5.41) is 53.7. The SMILES string of the molecule is CSCC[C@H](NC(=O)[C@@H]1CCCN1C(=O)[C@@H]1CCCN1C(=O)[C@H](CO)NC(=O)[C@H](CO)NC(=O)[C@H](CO)NC(=O)[C@@H](N)CCCCN)C(=O)N[C@@H](CC(N)=O)C(=O)N[C@@H](Cc1cnc[nH]1)C(=O)O. The molecular formula is C40H65N13O14S. The Balaban J connectivity index is 1.68. The van der Waals surface area contributed by atoms with Crippen molar-refractivity contribution in [1.29, 1.82) is 0 Å². The van der Waals surface area contributed by atoms with Gasteiger partial charge in [-0.05, 0) is 63.5 Å². The highest BCUT2D eigenvalue weighted by atomic mass is 32.2. The number of thioether (sulfide) groups is 1. The molecule has 9 amide bonds. The topological polar surface area (TPSA) is 437 Å². The van der Waals surface area contributed by atoms with Crippen molar-refractivity contribution in [3.8, 4) is 0 Å². The number of carbonyl (C=O) groups excluding carboxylic acids is 9. The van der Waals surface area contributed by atoms with Gasteiger partial charge < -0.3 is 84.3 Å². The molecule has 0 aliphatic carbocycles. The first-order chi connectivity index (χ1) is 32.4. The number of nitrogens with two attached hydrogens (primary N) is 3. The van der Waals surface area contributed by atoms with E-state index in [0.29, 0.717) is 43.7 Å². The van der Waals surface area contributed by atoms with Crippen molar-refractivity contribution in [3.63, 3.8) is 0 Å². The highest BCUT2D eigenvalue weighted by Gasteiger charge is 2.44. The van der Waals surface area contributed by atoms with Gasteiger partial charge in [0.1, 0.15) is 48.3 Å². The second-order valence-corrected chi connectivity index (χ2v) is 17.2. The number of aliphatic carboxylic acids is 1. The number of H-pyrrole nitrogens is 1. The first kappa shape index (κ1) is 56.4. The molecule has 0 radical (unpaired) electrons. The molecule has 0 spiro atoms. The monoisotopic (exact) mass is 983 g/mol. The standard InChI is InChI=1S/C40H65N13O14S/c1-68-13-9-23(33(59)47-24(15-31(43)57)34(60)48-25(40(66)67)14-21-16-44-20-45-21)46-37(63)29-7-4-11-52(29)39(65)30-8-5-12-53(30)38(64)28(19-56)51-36(62)27(18-55)50-35(61)26(17-54)49-32(58)22(42)6-2-3-10-41/h16,20,22-30,54-56H,2-15,17-19,41-42H2,1H3,(H2,43,57)(H,44,45)(H,46,63)(H,47,59)(H,48,60)(H,49,58)(H,50,61)(H,51,62)(H,66,67)/t22-,23-,24-,25-,26-,27-,28-,29-,30-/m0/s1. The molecule has 3 rings (SSSR count). The van der Waals surface area contributed by atoms with E-state index in [9.17, 15) is 68.4 Å². The molecule has 2 aliphatic heterocycles. The minimum Gasteiger partial charge on any atom is -0.480 e. The predicted octanol–water partition coefficient (Wildman–Crippen LogP) is -7.01. The minimum atomic E-state index is -1.72. The number of aliphatic hydroxyl groups is 3. The zero-order chi connectivity index (χ0) is 50.5. The lowest BCUT2D eigenvalue weighted by Crippen LogP contribution is -2.61. The molecule has 0 bridgehead atoms. The highest BCUT2D eigenvalue weighted by molar-refractivity contribution is 7.98. The maximum Gasteiger partial charge on any atom is 0.326 e. The third-order valence-electron chi connectivity index (χ3n) is 11.3. The number of nitrogens with one attached hydrogen (secondary N) is 7. The Morgan fingerprint density at radius 3 is 1.84 bits per heavy atom. The number of imidazole rings is 1. The van der Waals surface area contributed by atoms with Gasteiger partial charge in [-0.1, -0.05) is 6.42 Å². The second-order valence-electron chi connectivity index (χ2n) is 16.3. The highest BCUT2D eigenvalue weighted by Crippen LogP contribution is 2.26. The summed E-state index contributed by atoms with van der Waals surface area (Å²) in [6.07, 6.45) is 5.93. The van der Waals surface area contributed by atoms with Crippen LogP contribution in [-0.2, 0) is 54.4 Å². The molecule has 3 heterocycles. The lowest BCUT2D eigenvalue weighted by atomic mass is 10.1. The van der Waals surface area contributed by atoms with Crippen molar-refractivity contribution in [2.75, 3.05) is 51.5 Å². The smallest absolute Gasteiger partial charge is 0.326 e. The van der Waals surface area contributed by atoms with Crippen LogP contribution in [0.25, 0.3) is 0 Å². The number of aliphatic hydroxyl groups excluding tert-OH is 3. The number of primary amides is 1. The third kappa shape index (κ3) is 16.7. The fourth-order valence-electron chi connectivity index (χ4n) is 7.56. The van der Waals surface area contributed by atoms with Crippen molar-refractivity contribution in [2.24, 2.45) is 17.2 Å². The number of likely N-dealkylation sites (tertiary alicyclic amines) is 2. The zero-order valence-corrected chi connectivity index (χ0v) is 38.5. The first-order valence-electron chi connectivity index (χ1n) is 22.1. The predicted molar refractivity (Wildman–Crippen MR) is 240 cm³/mol. The number of aromatic amines is 1. The number of amides is 9. The van der Waals surface area contributed by atoms with Crippen LogP contribution in [0.2, 0.25) is 0 Å². The van der Waals surface area contributed by atoms with E-state index in [1.54, 1.807) is 6.26 Å². The van der Waals surface area contributed by atoms with Gasteiger partial charge in [-0.2, -0.15) is 11.8 Å². The zero-order valence-electron chi connectivity index (χ0n) is 37.7. The van der Waals surface area contributed by atoms with Gasteiger partial charge in [-0.15, -0.1) is 0 Å². The number of carboxylic acids is 1. The van der Waals surface area contributed by atoms with Crippen molar-refractivity contribution in [3.05, 3.63) is 18.2 Å². The number of aromatic nitrogens is 2. The summed E-state index contributed by atoms with van der Waals surface area (Å²) in [4.78, 5) is 140. The Morgan fingerprint density at radius 2 is 1.28 bits per heavy atom. The maximum atomic E-state index is 14.2. The van der Waals surface area contributed by atoms with Crippen LogP contribution in [0.4, 0.5) is 0 Å². The van der Waals surface area contributed by atoms with Gasteiger partial charge in [0.25, 0.3) is 0 Å². The number of hydrogen-bond donors (Lipinski definition) is 14. The van der Waals surface area contributed by atoms with E-state index in [4.69, 9.17) is 17.2 Å². The summed E-state index contributed by atoms with van der Waals surface area (Å²) in [6, 6.07) is -12.6. The maximum absolute atomic E-state index is 14.2. The van der Waals surface area contributed by atoms with Crippen LogP contribution in [0.15, 0.2) is 12.5 Å². The van der Waals surface area contributed by atoms with Gasteiger partial charge in [0.05, 0.1) is 38.6 Å². The van der Waals surface area contributed by atoms with E-state index in [2.05, 4.69) is 41.9 Å². The van der Waals surface area contributed by atoms with Gasteiger partial charge in [-0.3, -0.25) is 43.2 Å². The van der Waals surface area contributed by atoms with E-state index in [-0.39, 0.29) is 45.2 Å². The van der Waals surface area contributed by atoms with Crippen molar-refractivity contribution in [1.82, 2.24) is 51.7 Å². The minimum absolute atomic E-state index is 0.0199. The Hall–Kier alpha value is -5.94. The summed E-state index contributed by atoms with van der Waals surface area (Å²) < 4.78 is 0. The summed E-state index contributed by atoms with van der Waals surface area (Å²) in [5.41, 5.74) is 17.1. The lowest BCUT2D eigenvalue weighted by molar-refractivity contribution is -0.148. The lowest BCUT2D eigenvalue weighted by Gasteiger charge is -2.33. The van der Waals surface area contributed by atoms with E-state index < -0.39 is 140 Å². The van der Waals surface area contributed by atoms with Crippen LogP contribution >= 0.6 is 11.8 Å². The van der Waals surface area contributed by atoms with Crippen molar-refractivity contribution in [2.45, 2.75) is 119 Å². The van der Waals surface area contributed by atoms with Crippen LogP contribution in [0.5, 0.6) is 0 Å². The van der Waals surface area contributed by atoms with Crippen LogP contribution in [-0.4, -0.2) is 205 Å².